The summed E-state index contributed by atoms with van der Waals surface area (Å²) in [4.78, 5) is 22.9. The highest BCUT2D eigenvalue weighted by Gasteiger charge is 2.56. The van der Waals surface area contributed by atoms with Crippen LogP contribution in [0.25, 0.3) is 0 Å². The number of rotatable bonds is 1. The molecule has 4 aliphatic rings. The molecule has 7 unspecified atom stereocenters. The first kappa shape index (κ1) is 14.9. The molecule has 7 atom stereocenters. The van der Waals surface area contributed by atoms with Crippen molar-refractivity contribution in [3.05, 3.63) is 0 Å². The Labute approximate surface area is 125 Å². The monoisotopic (exact) mass is 336 g/mol. The van der Waals surface area contributed by atoms with Gasteiger partial charge in [-0.25, -0.2) is 9.46 Å². The number of phosphoric ester groups is 1. The predicted molar refractivity (Wildman–Crippen MR) is 68.9 cm³/mol. The number of nitrogens with one attached hydrogen (secondary N) is 3. The number of aliphatic hydroxyl groups excluding tert-OH is 1. The lowest BCUT2D eigenvalue weighted by Gasteiger charge is -2.35. The van der Waals surface area contributed by atoms with E-state index in [1.165, 1.54) is 0 Å². The summed E-state index contributed by atoms with van der Waals surface area (Å²) in [6.07, 6.45) is -3.80. The molecule has 4 rings (SSSR count). The van der Waals surface area contributed by atoms with Gasteiger partial charge in [0.25, 0.3) is 0 Å². The Kier molecular flexibility index (Phi) is 3.53. The quantitative estimate of drug-likeness (QED) is 0.311. The summed E-state index contributed by atoms with van der Waals surface area (Å²) in [5.41, 5.74) is 0. The lowest BCUT2D eigenvalue weighted by molar-refractivity contribution is -0.131. The summed E-state index contributed by atoms with van der Waals surface area (Å²) in [5, 5.41) is 19.2. The van der Waals surface area contributed by atoms with Crippen LogP contribution in [0.1, 0.15) is 0 Å². The number of phosphoric acid groups is 1. The average Bonchev–Trinajstić information content (AvgIpc) is 3.01. The Morgan fingerprint density at radius 1 is 1.36 bits per heavy atom. The van der Waals surface area contributed by atoms with E-state index in [0.717, 1.165) is 0 Å². The van der Waals surface area contributed by atoms with Crippen molar-refractivity contribution >= 4 is 13.7 Å². The number of hydrogen-bond donors (Lipinski definition) is 5. The molecule has 4 heterocycles. The SMILES string of the molecule is O=C1NCNC2C1NCN2C1OC2COP(=O)(O)OC2C1O. The maximum absolute atomic E-state index is 11.8. The van der Waals surface area contributed by atoms with Gasteiger partial charge >= 0.3 is 7.82 Å². The van der Waals surface area contributed by atoms with Crippen LogP contribution < -0.4 is 16.0 Å². The van der Waals surface area contributed by atoms with Crippen LogP contribution in [-0.2, 0) is 23.1 Å². The maximum atomic E-state index is 11.8. The van der Waals surface area contributed by atoms with Crippen LogP contribution in [0.5, 0.6) is 0 Å². The number of amides is 1. The van der Waals surface area contributed by atoms with Crippen LogP contribution in [0.2, 0.25) is 0 Å². The minimum atomic E-state index is -4.14. The maximum Gasteiger partial charge on any atom is 0.472 e. The third kappa shape index (κ3) is 2.30. The van der Waals surface area contributed by atoms with E-state index in [9.17, 15) is 19.4 Å². The summed E-state index contributed by atoms with van der Waals surface area (Å²) in [6, 6.07) is -0.451. The molecular weight excluding hydrogens is 319 g/mol. The molecular formula is C10H17N4O7P. The average molecular weight is 336 g/mol. The molecule has 0 saturated carbocycles. The van der Waals surface area contributed by atoms with E-state index >= 15 is 0 Å². The van der Waals surface area contributed by atoms with E-state index in [1.807, 2.05) is 0 Å². The summed E-state index contributed by atoms with van der Waals surface area (Å²) >= 11 is 0. The topological polar surface area (TPSA) is 142 Å². The Bertz CT molecular complexity index is 535. The van der Waals surface area contributed by atoms with Gasteiger partial charge in [-0.1, -0.05) is 0 Å². The van der Waals surface area contributed by atoms with Crippen LogP contribution in [-0.4, -0.2) is 77.5 Å². The zero-order chi connectivity index (χ0) is 15.5. The van der Waals surface area contributed by atoms with Crippen molar-refractivity contribution in [1.82, 2.24) is 20.9 Å². The standard InChI is InChI=1S/C10H17N4O7P/c15-6-7-4(1-19-22(17,18)21-7)20-10(6)14-3-13-5-8(14)11-2-12-9(5)16/h4-8,10-11,13,15H,1-3H2,(H,12,16)(H,17,18). The van der Waals surface area contributed by atoms with E-state index in [4.69, 9.17) is 13.8 Å². The fraction of sp³-hybridized carbons (Fsp3) is 0.900. The Hall–Kier alpha value is -0.620. The molecule has 0 spiro atoms. The van der Waals surface area contributed by atoms with E-state index in [2.05, 4.69) is 16.0 Å². The van der Waals surface area contributed by atoms with E-state index in [0.29, 0.717) is 13.3 Å². The molecule has 12 heteroatoms. The summed E-state index contributed by atoms with van der Waals surface area (Å²) in [6.45, 7) is 0.517. The van der Waals surface area contributed by atoms with Gasteiger partial charge in [0.15, 0.2) is 0 Å². The fourth-order valence-corrected chi connectivity index (χ4v) is 4.25. The number of carbonyl (C=O) groups excluding carboxylic acids is 1. The predicted octanol–water partition coefficient (Wildman–Crippen LogP) is -3.18. The molecule has 5 N–H and O–H groups in total. The number of carbonyl (C=O) groups is 1. The fourth-order valence-electron chi connectivity index (χ4n) is 3.29. The first-order chi connectivity index (χ1) is 10.5. The Morgan fingerprint density at radius 3 is 3.00 bits per heavy atom. The van der Waals surface area contributed by atoms with Crippen LogP contribution in [0.4, 0.5) is 0 Å². The number of aliphatic hydroxyl groups is 1. The van der Waals surface area contributed by atoms with Gasteiger partial charge in [-0.15, -0.1) is 0 Å². The number of hydrogen-bond acceptors (Lipinski definition) is 9. The van der Waals surface area contributed by atoms with Gasteiger partial charge in [-0.05, 0) is 0 Å². The first-order valence-corrected chi connectivity index (χ1v) is 8.45. The molecule has 0 aromatic carbocycles. The molecule has 0 aromatic rings. The number of fused-ring (bicyclic) bond motifs is 2. The van der Waals surface area contributed by atoms with Gasteiger partial charge < -0.3 is 20.1 Å². The second-order valence-corrected chi connectivity index (χ2v) is 7.02. The first-order valence-electron chi connectivity index (χ1n) is 6.96. The van der Waals surface area contributed by atoms with Crippen LogP contribution in [0.3, 0.4) is 0 Å². The van der Waals surface area contributed by atoms with E-state index in [-0.39, 0.29) is 18.7 Å². The molecule has 0 aromatic heterocycles. The van der Waals surface area contributed by atoms with Crippen LogP contribution in [0.15, 0.2) is 0 Å². The minimum Gasteiger partial charge on any atom is -0.386 e. The van der Waals surface area contributed by atoms with Gasteiger partial charge in [-0.2, -0.15) is 0 Å². The molecule has 0 bridgehead atoms. The molecule has 4 saturated heterocycles. The molecule has 22 heavy (non-hydrogen) atoms. The lowest BCUT2D eigenvalue weighted by Crippen LogP contribution is -2.64. The molecule has 0 radical (unpaired) electrons. The lowest BCUT2D eigenvalue weighted by atomic mass is 10.1. The van der Waals surface area contributed by atoms with E-state index in [1.54, 1.807) is 4.90 Å². The highest BCUT2D eigenvalue weighted by molar-refractivity contribution is 7.47. The number of ether oxygens (including phenoxy) is 1. The van der Waals surface area contributed by atoms with Crippen molar-refractivity contribution in [2.24, 2.45) is 0 Å². The van der Waals surface area contributed by atoms with Crippen molar-refractivity contribution in [2.75, 3.05) is 19.9 Å². The normalized spacial score (nSPS) is 52.2. The molecule has 11 nitrogen and oxygen atoms in total. The van der Waals surface area contributed by atoms with Gasteiger partial charge in [-0.3, -0.25) is 24.5 Å². The molecule has 4 fully saturated rings. The van der Waals surface area contributed by atoms with Crippen LogP contribution >= 0.6 is 7.82 Å². The van der Waals surface area contributed by atoms with Crippen molar-refractivity contribution in [1.29, 1.82) is 0 Å². The molecule has 1 amide bonds. The second kappa shape index (κ2) is 5.20. The van der Waals surface area contributed by atoms with Crippen molar-refractivity contribution < 1.29 is 33.1 Å². The summed E-state index contributed by atoms with van der Waals surface area (Å²) in [5.74, 6) is -0.129. The molecule has 4 aliphatic heterocycles. The summed E-state index contributed by atoms with van der Waals surface area (Å²) < 4.78 is 26.8. The molecule has 0 aliphatic carbocycles. The summed E-state index contributed by atoms with van der Waals surface area (Å²) in [7, 11) is -4.14. The van der Waals surface area contributed by atoms with Crippen LogP contribution in [0, 0.1) is 0 Å². The van der Waals surface area contributed by atoms with Gasteiger partial charge in [0.2, 0.25) is 5.91 Å². The second-order valence-electron chi connectivity index (χ2n) is 5.61. The van der Waals surface area contributed by atoms with Crippen molar-refractivity contribution in [3.63, 3.8) is 0 Å². The van der Waals surface area contributed by atoms with Gasteiger partial charge in [0.05, 0.1) is 26.1 Å². The van der Waals surface area contributed by atoms with Gasteiger partial charge in [0, 0.05) is 0 Å². The minimum absolute atomic E-state index is 0.129. The Morgan fingerprint density at radius 2 is 2.18 bits per heavy atom. The third-order valence-electron chi connectivity index (χ3n) is 4.32. The van der Waals surface area contributed by atoms with Gasteiger partial charge in [0.1, 0.15) is 30.6 Å². The third-order valence-corrected chi connectivity index (χ3v) is 5.30. The van der Waals surface area contributed by atoms with Crippen molar-refractivity contribution in [2.45, 2.75) is 36.7 Å². The largest absolute Gasteiger partial charge is 0.472 e. The Balaban J connectivity index is 1.52. The highest BCUT2D eigenvalue weighted by atomic mass is 31.2. The van der Waals surface area contributed by atoms with Crippen molar-refractivity contribution in [3.8, 4) is 0 Å². The zero-order valence-electron chi connectivity index (χ0n) is 11.4. The smallest absolute Gasteiger partial charge is 0.386 e. The number of nitrogens with zero attached hydrogens (tertiary/aromatic N) is 1. The highest BCUT2D eigenvalue weighted by Crippen LogP contribution is 2.51. The molecule has 124 valence electrons. The zero-order valence-corrected chi connectivity index (χ0v) is 12.3. The van der Waals surface area contributed by atoms with E-state index < -0.39 is 38.4 Å².